The van der Waals surface area contributed by atoms with E-state index in [1.165, 1.54) is 4.68 Å². The minimum atomic E-state index is -4.49. The number of rotatable bonds is 1. The van der Waals surface area contributed by atoms with E-state index >= 15 is 0 Å². The molecule has 0 unspecified atom stereocenters. The highest BCUT2D eigenvalue weighted by atomic mass is 35.5. The number of hydrogen-bond donors (Lipinski definition) is 0. The van der Waals surface area contributed by atoms with E-state index in [9.17, 15) is 13.2 Å². The van der Waals surface area contributed by atoms with Crippen LogP contribution in [-0.4, -0.2) is 9.78 Å². The van der Waals surface area contributed by atoms with Gasteiger partial charge >= 0.3 is 6.18 Å². The van der Waals surface area contributed by atoms with E-state index < -0.39 is 11.7 Å². The van der Waals surface area contributed by atoms with Crippen molar-refractivity contribution in [3.05, 3.63) is 45.2 Å². The second kappa shape index (κ2) is 4.72. The zero-order valence-corrected chi connectivity index (χ0v) is 11.5. The van der Waals surface area contributed by atoms with Crippen LogP contribution >= 0.6 is 23.2 Å². The van der Waals surface area contributed by atoms with Crippen LogP contribution in [0.2, 0.25) is 10.0 Å². The smallest absolute Gasteiger partial charge is 0.234 e. The van der Waals surface area contributed by atoms with Gasteiger partial charge in [0.2, 0.25) is 0 Å². The summed E-state index contributed by atoms with van der Waals surface area (Å²) in [5.74, 6) is 0. The van der Waals surface area contributed by atoms with E-state index in [0.717, 1.165) is 12.1 Å². The molecule has 1 aromatic heterocycles. The van der Waals surface area contributed by atoms with E-state index in [0.29, 0.717) is 11.4 Å². The van der Waals surface area contributed by atoms with Crippen LogP contribution in [0.15, 0.2) is 12.1 Å². The van der Waals surface area contributed by atoms with E-state index in [1.807, 2.05) is 0 Å². The second-order valence-electron chi connectivity index (χ2n) is 3.99. The van der Waals surface area contributed by atoms with Gasteiger partial charge in [0.15, 0.2) is 0 Å². The molecule has 2 aromatic rings. The lowest BCUT2D eigenvalue weighted by Crippen LogP contribution is -2.07. The molecule has 0 aliphatic heterocycles. The Bertz CT molecular complexity index is 609. The molecule has 0 spiro atoms. The number of benzene rings is 1. The maximum Gasteiger partial charge on any atom is 0.416 e. The van der Waals surface area contributed by atoms with E-state index in [4.69, 9.17) is 23.2 Å². The van der Waals surface area contributed by atoms with Gasteiger partial charge in [0.05, 0.1) is 21.3 Å². The van der Waals surface area contributed by atoms with Crippen molar-refractivity contribution in [2.75, 3.05) is 0 Å². The number of hydrogen-bond acceptors (Lipinski definition) is 1. The standard InChI is InChI=1S/C12H8Cl2F3N2/c1-6-3-7(2)19(18-6)11-9(13)4-8(5-10(11)14)12(15,16)17/h4-5H,1-2H3. The molecule has 1 radical (unpaired) electrons. The summed E-state index contributed by atoms with van der Waals surface area (Å²) in [4.78, 5) is 0. The SMILES string of the molecule is Cc1[c]c(C)n(-c2c(Cl)cc(C(F)(F)F)cc2Cl)n1. The van der Waals surface area contributed by atoms with E-state index in [2.05, 4.69) is 11.2 Å². The minimum Gasteiger partial charge on any atom is -0.234 e. The van der Waals surface area contributed by atoms with Crippen molar-refractivity contribution in [3.8, 4) is 5.69 Å². The molecule has 0 aliphatic carbocycles. The third kappa shape index (κ3) is 2.72. The molecule has 0 saturated heterocycles. The van der Waals surface area contributed by atoms with Gasteiger partial charge in [-0.1, -0.05) is 23.2 Å². The summed E-state index contributed by atoms with van der Waals surface area (Å²) in [6, 6.07) is 4.58. The van der Waals surface area contributed by atoms with Crippen molar-refractivity contribution >= 4 is 23.2 Å². The summed E-state index contributed by atoms with van der Waals surface area (Å²) < 4.78 is 39.2. The molecule has 0 saturated carbocycles. The molecule has 0 amide bonds. The topological polar surface area (TPSA) is 17.8 Å². The largest absolute Gasteiger partial charge is 0.416 e. The first-order valence-corrected chi connectivity index (χ1v) is 5.98. The Morgan fingerprint density at radius 1 is 1.16 bits per heavy atom. The van der Waals surface area contributed by atoms with Crippen LogP contribution in [0.25, 0.3) is 5.69 Å². The third-order valence-electron chi connectivity index (χ3n) is 2.49. The van der Waals surface area contributed by atoms with Crippen molar-refractivity contribution in [1.82, 2.24) is 9.78 Å². The zero-order valence-electron chi connectivity index (χ0n) is 9.94. The summed E-state index contributed by atoms with van der Waals surface area (Å²) in [5, 5.41) is 3.88. The lowest BCUT2D eigenvalue weighted by Gasteiger charge is -2.13. The van der Waals surface area contributed by atoms with Crippen LogP contribution in [0.3, 0.4) is 0 Å². The fraction of sp³-hybridized carbons (Fsp3) is 0.250. The molecule has 101 valence electrons. The lowest BCUT2D eigenvalue weighted by molar-refractivity contribution is -0.137. The highest BCUT2D eigenvalue weighted by Gasteiger charge is 2.32. The van der Waals surface area contributed by atoms with Crippen molar-refractivity contribution in [3.63, 3.8) is 0 Å². The molecule has 0 aliphatic rings. The highest BCUT2D eigenvalue weighted by molar-refractivity contribution is 6.37. The van der Waals surface area contributed by atoms with Crippen molar-refractivity contribution in [1.29, 1.82) is 0 Å². The Labute approximate surface area is 117 Å². The van der Waals surface area contributed by atoms with Crippen LogP contribution < -0.4 is 0 Å². The van der Waals surface area contributed by atoms with Crippen molar-refractivity contribution in [2.24, 2.45) is 0 Å². The number of nitrogens with zero attached hydrogens (tertiary/aromatic N) is 2. The third-order valence-corrected chi connectivity index (χ3v) is 3.06. The van der Waals surface area contributed by atoms with E-state index in [1.54, 1.807) is 13.8 Å². The molecule has 7 heteroatoms. The molecular formula is C12H8Cl2F3N2. The van der Waals surface area contributed by atoms with Crippen LogP contribution in [0, 0.1) is 19.9 Å². The molecule has 2 rings (SSSR count). The number of alkyl halides is 3. The first-order chi connectivity index (χ1) is 8.70. The van der Waals surface area contributed by atoms with Crippen LogP contribution in [0.5, 0.6) is 0 Å². The summed E-state index contributed by atoms with van der Waals surface area (Å²) in [6.45, 7) is 3.43. The van der Waals surface area contributed by atoms with Gasteiger partial charge in [-0.3, -0.25) is 0 Å². The molecule has 2 nitrogen and oxygen atoms in total. The Hall–Kier alpha value is -1.20. The summed E-state index contributed by atoms with van der Waals surface area (Å²) in [5.41, 5.74) is 0.542. The van der Waals surface area contributed by atoms with Gasteiger partial charge in [0, 0.05) is 11.8 Å². The lowest BCUT2D eigenvalue weighted by atomic mass is 10.2. The van der Waals surface area contributed by atoms with Gasteiger partial charge in [-0.25, -0.2) is 4.68 Å². The first-order valence-electron chi connectivity index (χ1n) is 5.22. The fourth-order valence-electron chi connectivity index (χ4n) is 1.71. The molecule has 0 atom stereocenters. The number of aromatic nitrogens is 2. The Kier molecular flexibility index (Phi) is 3.53. The molecule has 1 aromatic carbocycles. The summed E-state index contributed by atoms with van der Waals surface area (Å²) in [7, 11) is 0. The maximum atomic E-state index is 12.6. The molecule has 0 N–H and O–H groups in total. The van der Waals surface area contributed by atoms with Gasteiger partial charge in [0.25, 0.3) is 0 Å². The average Bonchev–Trinajstić information content (AvgIpc) is 2.55. The normalized spacial score (nSPS) is 11.9. The van der Waals surface area contributed by atoms with Gasteiger partial charge < -0.3 is 0 Å². The predicted octanol–water partition coefficient (Wildman–Crippen LogP) is 4.61. The van der Waals surface area contributed by atoms with Crippen molar-refractivity contribution in [2.45, 2.75) is 20.0 Å². The number of halogens is 5. The quantitative estimate of drug-likeness (QED) is 0.752. The fourth-order valence-corrected chi connectivity index (χ4v) is 2.36. The van der Waals surface area contributed by atoms with Crippen LogP contribution in [0.4, 0.5) is 13.2 Å². The van der Waals surface area contributed by atoms with Crippen molar-refractivity contribution < 1.29 is 13.2 Å². The first kappa shape index (κ1) is 14.2. The maximum absolute atomic E-state index is 12.6. The zero-order chi connectivity index (χ0) is 14.4. The predicted molar refractivity (Wildman–Crippen MR) is 66.9 cm³/mol. The van der Waals surface area contributed by atoms with Gasteiger partial charge in [-0.15, -0.1) is 0 Å². The van der Waals surface area contributed by atoms with E-state index in [-0.39, 0.29) is 15.7 Å². The van der Waals surface area contributed by atoms with Crippen LogP contribution in [0.1, 0.15) is 17.0 Å². The molecule has 0 bridgehead atoms. The molecular weight excluding hydrogens is 300 g/mol. The molecule has 0 fully saturated rings. The van der Waals surface area contributed by atoms with Gasteiger partial charge in [-0.2, -0.15) is 18.3 Å². The summed E-state index contributed by atoms with van der Waals surface area (Å²) in [6.07, 6.45) is -4.49. The highest BCUT2D eigenvalue weighted by Crippen LogP contribution is 2.37. The average molecular weight is 308 g/mol. The monoisotopic (exact) mass is 307 g/mol. The molecule has 19 heavy (non-hydrogen) atoms. The number of aryl methyl sites for hydroxylation is 2. The summed E-state index contributed by atoms with van der Waals surface area (Å²) >= 11 is 11.8. The second-order valence-corrected chi connectivity index (χ2v) is 4.81. The van der Waals surface area contributed by atoms with Crippen LogP contribution in [-0.2, 0) is 6.18 Å². The minimum absolute atomic E-state index is 0.112. The van der Waals surface area contributed by atoms with Gasteiger partial charge in [-0.05, 0) is 26.0 Å². The molecule has 1 heterocycles. The Morgan fingerprint density at radius 3 is 2.05 bits per heavy atom. The Morgan fingerprint density at radius 2 is 1.68 bits per heavy atom. The van der Waals surface area contributed by atoms with Gasteiger partial charge in [0.1, 0.15) is 5.69 Å². The Balaban J connectivity index is 2.64.